The summed E-state index contributed by atoms with van der Waals surface area (Å²) in [5.41, 5.74) is 6.38. The number of hydrogen-bond donors (Lipinski definition) is 4. The Bertz CT molecular complexity index is 1130. The predicted molar refractivity (Wildman–Crippen MR) is 109 cm³/mol. The van der Waals surface area contributed by atoms with Crippen LogP contribution in [0, 0.1) is 5.82 Å². The lowest BCUT2D eigenvalue weighted by molar-refractivity contribution is 0.607. The minimum Gasteiger partial charge on any atom is -0.396 e. The number of hydrogen-bond acceptors (Lipinski definition) is 7. The monoisotopic (exact) mass is 422 g/mol. The van der Waals surface area contributed by atoms with E-state index in [1.165, 1.54) is 18.3 Å². The van der Waals surface area contributed by atoms with Crippen molar-refractivity contribution in [1.82, 2.24) is 9.97 Å². The molecule has 0 amide bonds. The molecule has 0 fully saturated rings. The number of nitrogens with one attached hydrogen (secondary N) is 3. The van der Waals surface area contributed by atoms with Crippen molar-refractivity contribution < 1.29 is 12.8 Å². The highest BCUT2D eigenvalue weighted by Gasteiger charge is 2.12. The number of anilines is 6. The van der Waals surface area contributed by atoms with Crippen LogP contribution in [0.25, 0.3) is 0 Å². The molecular weight excluding hydrogens is 407 g/mol. The second-order valence-electron chi connectivity index (χ2n) is 5.77. The molecule has 0 saturated carbocycles. The summed E-state index contributed by atoms with van der Waals surface area (Å²) in [6.07, 6.45) is 2.37. The SMILES string of the molecule is CS(=O)(=O)Nc1ccccc1Nc1nc(Nc2cccc(N)c2F)ncc1Cl. The smallest absolute Gasteiger partial charge is 0.229 e. The Morgan fingerprint density at radius 2 is 1.71 bits per heavy atom. The molecule has 146 valence electrons. The molecule has 0 aliphatic heterocycles. The predicted octanol–water partition coefficient (Wildman–Crippen LogP) is 3.71. The lowest BCUT2D eigenvalue weighted by Gasteiger charge is -2.14. The van der Waals surface area contributed by atoms with Gasteiger partial charge in [0.05, 0.1) is 35.2 Å². The van der Waals surface area contributed by atoms with Gasteiger partial charge in [0.15, 0.2) is 11.6 Å². The van der Waals surface area contributed by atoms with Crippen molar-refractivity contribution in [3.8, 4) is 0 Å². The maximum absolute atomic E-state index is 14.1. The summed E-state index contributed by atoms with van der Waals surface area (Å²) in [6, 6.07) is 11.1. The minimum absolute atomic E-state index is 0.0157. The van der Waals surface area contributed by atoms with Gasteiger partial charge < -0.3 is 16.4 Å². The molecule has 0 spiro atoms. The number of nitrogens with two attached hydrogens (primary N) is 1. The van der Waals surface area contributed by atoms with E-state index in [0.29, 0.717) is 11.4 Å². The second kappa shape index (κ2) is 7.87. The number of aromatic nitrogens is 2. The van der Waals surface area contributed by atoms with Gasteiger partial charge in [-0.2, -0.15) is 4.98 Å². The first kappa shape index (κ1) is 19.6. The average molecular weight is 423 g/mol. The van der Waals surface area contributed by atoms with Crippen LogP contribution in [0.15, 0.2) is 48.7 Å². The Balaban J connectivity index is 1.90. The first-order valence-electron chi connectivity index (χ1n) is 7.90. The van der Waals surface area contributed by atoms with Crippen LogP contribution in [-0.4, -0.2) is 24.6 Å². The lowest BCUT2D eigenvalue weighted by Crippen LogP contribution is -2.11. The van der Waals surface area contributed by atoms with Gasteiger partial charge in [0, 0.05) is 0 Å². The first-order chi connectivity index (χ1) is 13.2. The van der Waals surface area contributed by atoms with Gasteiger partial charge in [0.2, 0.25) is 16.0 Å². The Morgan fingerprint density at radius 1 is 1.04 bits per heavy atom. The molecule has 0 unspecified atom stereocenters. The van der Waals surface area contributed by atoms with Crippen LogP contribution in [0.4, 0.5) is 38.9 Å². The fourth-order valence-corrected chi connectivity index (χ4v) is 3.01. The van der Waals surface area contributed by atoms with Crippen LogP contribution >= 0.6 is 11.6 Å². The number of rotatable bonds is 6. The van der Waals surface area contributed by atoms with Gasteiger partial charge in [-0.3, -0.25) is 4.72 Å². The maximum atomic E-state index is 14.1. The molecule has 0 saturated heterocycles. The number of sulfonamides is 1. The summed E-state index contributed by atoms with van der Waals surface area (Å²) in [7, 11) is -3.48. The van der Waals surface area contributed by atoms with E-state index >= 15 is 0 Å². The summed E-state index contributed by atoms with van der Waals surface area (Å²) in [5, 5.41) is 5.87. The molecule has 3 aromatic rings. The van der Waals surface area contributed by atoms with Crippen molar-refractivity contribution in [3.63, 3.8) is 0 Å². The van der Waals surface area contributed by atoms with Gasteiger partial charge in [-0.15, -0.1) is 0 Å². The normalized spacial score (nSPS) is 11.1. The standard InChI is InChI=1S/C17H16ClFN6O2S/c1-28(26,27)25-13-7-3-2-6-12(13)22-16-10(18)9-21-17(24-16)23-14-8-4-5-11(20)15(14)19/h2-9,25H,20H2,1H3,(H2,21,22,23,24). The second-order valence-corrected chi connectivity index (χ2v) is 7.92. The van der Waals surface area contributed by atoms with E-state index in [2.05, 4.69) is 25.3 Å². The van der Waals surface area contributed by atoms with Crippen LogP contribution in [0.3, 0.4) is 0 Å². The molecule has 0 aliphatic carbocycles. The van der Waals surface area contributed by atoms with E-state index in [9.17, 15) is 12.8 Å². The highest BCUT2D eigenvalue weighted by molar-refractivity contribution is 7.92. The molecule has 0 radical (unpaired) electrons. The number of nitrogens with zero attached hydrogens (tertiary/aromatic N) is 2. The molecule has 8 nitrogen and oxygen atoms in total. The first-order valence-corrected chi connectivity index (χ1v) is 10.2. The Hall–Kier alpha value is -3.11. The van der Waals surface area contributed by atoms with Crippen LogP contribution in [0.2, 0.25) is 5.02 Å². The van der Waals surface area contributed by atoms with Gasteiger partial charge in [0.25, 0.3) is 0 Å². The molecule has 1 aromatic heterocycles. The molecule has 0 aliphatic rings. The quantitative estimate of drug-likeness (QED) is 0.446. The van der Waals surface area contributed by atoms with Crippen molar-refractivity contribution in [2.24, 2.45) is 0 Å². The van der Waals surface area contributed by atoms with Crippen LogP contribution in [-0.2, 0) is 10.0 Å². The van der Waals surface area contributed by atoms with E-state index < -0.39 is 15.8 Å². The van der Waals surface area contributed by atoms with Crippen LogP contribution in [0.1, 0.15) is 0 Å². The minimum atomic E-state index is -3.48. The van der Waals surface area contributed by atoms with Crippen molar-refractivity contribution >= 4 is 56.1 Å². The average Bonchev–Trinajstić information content (AvgIpc) is 2.62. The zero-order valence-electron chi connectivity index (χ0n) is 14.6. The molecule has 28 heavy (non-hydrogen) atoms. The zero-order valence-corrected chi connectivity index (χ0v) is 16.1. The third-order valence-corrected chi connectivity index (χ3v) is 4.36. The van der Waals surface area contributed by atoms with E-state index in [4.69, 9.17) is 17.3 Å². The fourth-order valence-electron chi connectivity index (χ4n) is 2.29. The molecule has 5 N–H and O–H groups in total. The Kier molecular flexibility index (Phi) is 5.52. The van der Waals surface area contributed by atoms with E-state index in [1.54, 1.807) is 30.3 Å². The summed E-state index contributed by atoms with van der Waals surface area (Å²) < 4.78 is 39.6. The third-order valence-electron chi connectivity index (χ3n) is 3.49. The number of para-hydroxylation sites is 2. The molecule has 1 heterocycles. The summed E-state index contributed by atoms with van der Waals surface area (Å²) >= 11 is 6.14. The highest BCUT2D eigenvalue weighted by atomic mass is 35.5. The Labute approximate surface area is 166 Å². The van der Waals surface area contributed by atoms with Crippen molar-refractivity contribution in [1.29, 1.82) is 0 Å². The van der Waals surface area contributed by atoms with Crippen molar-refractivity contribution in [2.45, 2.75) is 0 Å². The molecule has 11 heteroatoms. The molecular formula is C17H16ClFN6O2S. The fraction of sp³-hybridized carbons (Fsp3) is 0.0588. The summed E-state index contributed by atoms with van der Waals surface area (Å²) in [4.78, 5) is 8.24. The topological polar surface area (TPSA) is 122 Å². The molecule has 0 bridgehead atoms. The molecule has 3 rings (SSSR count). The number of nitrogen functional groups attached to an aromatic ring is 1. The van der Waals surface area contributed by atoms with Gasteiger partial charge in [0.1, 0.15) is 5.02 Å². The Morgan fingerprint density at radius 3 is 2.43 bits per heavy atom. The largest absolute Gasteiger partial charge is 0.396 e. The number of halogens is 2. The lowest BCUT2D eigenvalue weighted by atomic mass is 10.2. The van der Waals surface area contributed by atoms with E-state index in [-0.39, 0.29) is 28.2 Å². The molecule has 0 atom stereocenters. The van der Waals surface area contributed by atoms with Crippen LogP contribution in [0.5, 0.6) is 0 Å². The van der Waals surface area contributed by atoms with Gasteiger partial charge in [-0.25, -0.2) is 17.8 Å². The van der Waals surface area contributed by atoms with Crippen LogP contribution < -0.4 is 21.1 Å². The summed E-state index contributed by atoms with van der Waals surface area (Å²) in [5.74, 6) is -0.352. The molecule has 2 aromatic carbocycles. The third kappa shape index (κ3) is 4.78. The van der Waals surface area contributed by atoms with Crippen molar-refractivity contribution in [2.75, 3.05) is 27.3 Å². The van der Waals surface area contributed by atoms with E-state index in [0.717, 1.165) is 6.26 Å². The van der Waals surface area contributed by atoms with Gasteiger partial charge in [-0.1, -0.05) is 29.8 Å². The van der Waals surface area contributed by atoms with Gasteiger partial charge in [-0.05, 0) is 24.3 Å². The summed E-state index contributed by atoms with van der Waals surface area (Å²) in [6.45, 7) is 0. The maximum Gasteiger partial charge on any atom is 0.229 e. The highest BCUT2D eigenvalue weighted by Crippen LogP contribution is 2.30. The van der Waals surface area contributed by atoms with Gasteiger partial charge >= 0.3 is 0 Å². The number of benzene rings is 2. The van der Waals surface area contributed by atoms with E-state index in [1.807, 2.05) is 0 Å². The van der Waals surface area contributed by atoms with Crippen molar-refractivity contribution in [3.05, 3.63) is 59.5 Å². The zero-order chi connectivity index (χ0) is 20.3.